The van der Waals surface area contributed by atoms with Crippen LogP contribution in [0.5, 0.6) is 0 Å². The highest BCUT2D eigenvalue weighted by atomic mass is 79.9. The van der Waals surface area contributed by atoms with E-state index in [0.29, 0.717) is 17.6 Å². The quantitative estimate of drug-likeness (QED) is 0.733. The zero-order chi connectivity index (χ0) is 19.2. The summed E-state index contributed by atoms with van der Waals surface area (Å²) >= 11 is 3.23. The SMILES string of the molecule is O=C(NCCC(=O)N1CCC(Nc2ccccc2)C1)c1cc(F)ccc1Br. The molecule has 0 radical (unpaired) electrons. The Labute approximate surface area is 166 Å². The number of amides is 2. The molecule has 0 aliphatic carbocycles. The summed E-state index contributed by atoms with van der Waals surface area (Å²) in [5.74, 6) is -0.876. The molecule has 1 atom stereocenters. The van der Waals surface area contributed by atoms with Crippen molar-refractivity contribution in [2.24, 2.45) is 0 Å². The third-order valence-corrected chi connectivity index (χ3v) is 5.17. The van der Waals surface area contributed by atoms with E-state index in [1.165, 1.54) is 18.2 Å². The van der Waals surface area contributed by atoms with Crippen LogP contribution in [0.2, 0.25) is 0 Å². The van der Waals surface area contributed by atoms with Crippen molar-refractivity contribution < 1.29 is 14.0 Å². The summed E-state index contributed by atoms with van der Waals surface area (Å²) in [7, 11) is 0. The van der Waals surface area contributed by atoms with Crippen LogP contribution in [0.3, 0.4) is 0 Å². The summed E-state index contributed by atoms with van der Waals surface area (Å²) in [5.41, 5.74) is 1.26. The molecule has 0 spiro atoms. The van der Waals surface area contributed by atoms with E-state index in [-0.39, 0.29) is 30.5 Å². The molecule has 2 N–H and O–H groups in total. The Morgan fingerprint density at radius 2 is 1.96 bits per heavy atom. The average molecular weight is 434 g/mol. The van der Waals surface area contributed by atoms with Gasteiger partial charge in [0.05, 0.1) is 5.56 Å². The van der Waals surface area contributed by atoms with Gasteiger partial charge in [-0.1, -0.05) is 18.2 Å². The monoisotopic (exact) mass is 433 g/mol. The minimum absolute atomic E-state index is 0.00553. The van der Waals surface area contributed by atoms with Gasteiger partial charge >= 0.3 is 0 Å². The number of carbonyl (C=O) groups excluding carboxylic acids is 2. The highest BCUT2D eigenvalue weighted by molar-refractivity contribution is 9.10. The third kappa shape index (κ3) is 5.29. The van der Waals surface area contributed by atoms with Crippen molar-refractivity contribution in [3.8, 4) is 0 Å². The molecule has 0 bridgehead atoms. The molecular weight excluding hydrogens is 413 g/mol. The summed E-state index contributed by atoms with van der Waals surface area (Å²) in [6, 6.07) is 14.1. The molecule has 2 aromatic rings. The molecule has 5 nitrogen and oxygen atoms in total. The molecule has 1 saturated heterocycles. The first-order valence-corrected chi connectivity index (χ1v) is 9.65. The van der Waals surface area contributed by atoms with E-state index in [9.17, 15) is 14.0 Å². The molecule has 1 aliphatic rings. The topological polar surface area (TPSA) is 61.4 Å². The molecule has 1 fully saturated rings. The lowest BCUT2D eigenvalue weighted by atomic mass is 10.2. The van der Waals surface area contributed by atoms with Crippen molar-refractivity contribution in [1.29, 1.82) is 0 Å². The summed E-state index contributed by atoms with van der Waals surface area (Å²) in [4.78, 5) is 26.3. The first-order valence-electron chi connectivity index (χ1n) is 8.85. The smallest absolute Gasteiger partial charge is 0.252 e. The molecule has 1 aliphatic heterocycles. The predicted octanol–water partition coefficient (Wildman–Crippen LogP) is 3.42. The standard InChI is InChI=1S/C20H21BrFN3O2/c21-18-7-6-14(22)12-17(18)20(27)23-10-8-19(26)25-11-9-16(13-25)24-15-4-2-1-3-5-15/h1-7,12,16,24H,8-11,13H2,(H,23,27). The van der Waals surface area contributed by atoms with Crippen molar-refractivity contribution in [3.63, 3.8) is 0 Å². The van der Waals surface area contributed by atoms with Gasteiger partial charge in [0.2, 0.25) is 5.91 Å². The normalized spacial score (nSPS) is 16.2. The van der Waals surface area contributed by atoms with Gasteiger partial charge in [0.15, 0.2) is 0 Å². The molecule has 27 heavy (non-hydrogen) atoms. The lowest BCUT2D eigenvalue weighted by Crippen LogP contribution is -2.34. The predicted molar refractivity (Wildman–Crippen MR) is 106 cm³/mol. The number of anilines is 1. The van der Waals surface area contributed by atoms with E-state index in [0.717, 1.165) is 12.1 Å². The Kier molecular flexibility index (Phi) is 6.45. The van der Waals surface area contributed by atoms with Gasteiger partial charge in [-0.25, -0.2) is 4.39 Å². The first-order chi connectivity index (χ1) is 13.0. The van der Waals surface area contributed by atoms with Gasteiger partial charge in [-0.3, -0.25) is 9.59 Å². The van der Waals surface area contributed by atoms with Gasteiger partial charge in [-0.05, 0) is 52.7 Å². The Bertz CT molecular complexity index is 816. The van der Waals surface area contributed by atoms with Gasteiger partial charge in [-0.2, -0.15) is 0 Å². The molecule has 7 heteroatoms. The summed E-state index contributed by atoms with van der Waals surface area (Å²) in [6.07, 6.45) is 1.11. The second-order valence-electron chi connectivity index (χ2n) is 6.47. The van der Waals surface area contributed by atoms with E-state index in [1.54, 1.807) is 0 Å². The summed E-state index contributed by atoms with van der Waals surface area (Å²) < 4.78 is 13.8. The number of nitrogens with zero attached hydrogens (tertiary/aromatic N) is 1. The summed E-state index contributed by atoms with van der Waals surface area (Å²) in [6.45, 7) is 1.57. The number of nitrogens with one attached hydrogen (secondary N) is 2. The lowest BCUT2D eigenvalue weighted by Gasteiger charge is -2.18. The fourth-order valence-corrected chi connectivity index (χ4v) is 3.51. The van der Waals surface area contributed by atoms with Gasteiger partial charge in [-0.15, -0.1) is 0 Å². The Balaban J connectivity index is 1.43. The number of benzene rings is 2. The molecule has 142 valence electrons. The number of hydrogen-bond donors (Lipinski definition) is 2. The van der Waals surface area contributed by atoms with E-state index in [4.69, 9.17) is 0 Å². The third-order valence-electron chi connectivity index (χ3n) is 4.48. The Morgan fingerprint density at radius 1 is 1.19 bits per heavy atom. The summed E-state index contributed by atoms with van der Waals surface area (Å²) in [5, 5.41) is 6.10. The van der Waals surface area contributed by atoms with Crippen LogP contribution < -0.4 is 10.6 Å². The Morgan fingerprint density at radius 3 is 2.74 bits per heavy atom. The average Bonchev–Trinajstić information content (AvgIpc) is 3.13. The molecule has 2 amide bonds. The molecule has 1 heterocycles. The van der Waals surface area contributed by atoms with E-state index in [2.05, 4.69) is 26.6 Å². The maximum absolute atomic E-state index is 13.3. The van der Waals surface area contributed by atoms with Crippen molar-refractivity contribution in [2.45, 2.75) is 18.9 Å². The lowest BCUT2D eigenvalue weighted by molar-refractivity contribution is -0.130. The van der Waals surface area contributed by atoms with Crippen LogP contribution in [0.1, 0.15) is 23.2 Å². The minimum Gasteiger partial charge on any atom is -0.380 e. The molecule has 0 aromatic heterocycles. The van der Waals surface area contributed by atoms with Crippen LogP contribution in [0.15, 0.2) is 53.0 Å². The van der Waals surface area contributed by atoms with E-state index >= 15 is 0 Å². The largest absolute Gasteiger partial charge is 0.380 e. The maximum Gasteiger partial charge on any atom is 0.252 e. The Hall–Kier alpha value is -2.41. The molecule has 3 rings (SSSR count). The molecule has 2 aromatic carbocycles. The van der Waals surface area contributed by atoms with Crippen LogP contribution in [0.25, 0.3) is 0 Å². The van der Waals surface area contributed by atoms with Crippen molar-refractivity contribution >= 4 is 33.4 Å². The number of hydrogen-bond acceptors (Lipinski definition) is 3. The zero-order valence-corrected chi connectivity index (χ0v) is 16.3. The van der Waals surface area contributed by atoms with Gasteiger partial charge in [0.1, 0.15) is 5.82 Å². The van der Waals surface area contributed by atoms with E-state index in [1.807, 2.05) is 35.2 Å². The highest BCUT2D eigenvalue weighted by Gasteiger charge is 2.25. The second-order valence-corrected chi connectivity index (χ2v) is 7.32. The minimum atomic E-state index is -0.478. The van der Waals surface area contributed by atoms with E-state index < -0.39 is 11.7 Å². The maximum atomic E-state index is 13.3. The number of para-hydroxylation sites is 1. The van der Waals surface area contributed by atoms with Crippen LogP contribution in [-0.2, 0) is 4.79 Å². The van der Waals surface area contributed by atoms with Crippen molar-refractivity contribution in [2.75, 3.05) is 25.0 Å². The van der Waals surface area contributed by atoms with Crippen LogP contribution >= 0.6 is 15.9 Å². The van der Waals surface area contributed by atoms with Crippen LogP contribution in [-0.4, -0.2) is 42.4 Å². The second kappa shape index (κ2) is 8.99. The van der Waals surface area contributed by atoms with Crippen LogP contribution in [0, 0.1) is 5.82 Å². The van der Waals surface area contributed by atoms with Crippen LogP contribution in [0.4, 0.5) is 10.1 Å². The molecule has 0 saturated carbocycles. The fourth-order valence-electron chi connectivity index (χ4n) is 3.08. The number of halogens is 2. The highest BCUT2D eigenvalue weighted by Crippen LogP contribution is 2.18. The number of carbonyl (C=O) groups is 2. The molecular formula is C20H21BrFN3O2. The fraction of sp³-hybridized carbons (Fsp3) is 0.300. The van der Waals surface area contributed by atoms with Gasteiger partial charge in [0, 0.05) is 42.3 Å². The zero-order valence-electron chi connectivity index (χ0n) is 14.8. The van der Waals surface area contributed by atoms with Gasteiger partial charge < -0.3 is 15.5 Å². The molecule has 1 unspecified atom stereocenters. The first kappa shape index (κ1) is 19.4. The number of likely N-dealkylation sites (tertiary alicyclic amines) is 1. The number of rotatable bonds is 6. The van der Waals surface area contributed by atoms with Crippen molar-refractivity contribution in [1.82, 2.24) is 10.2 Å². The van der Waals surface area contributed by atoms with Gasteiger partial charge in [0.25, 0.3) is 5.91 Å². The van der Waals surface area contributed by atoms with Crippen molar-refractivity contribution in [3.05, 3.63) is 64.4 Å².